The summed E-state index contributed by atoms with van der Waals surface area (Å²) in [7, 11) is -3.96. The average Bonchev–Trinajstić information content (AvgIpc) is 3.18. The van der Waals surface area contributed by atoms with Crippen LogP contribution >= 0.6 is 23.7 Å². The predicted octanol–water partition coefficient (Wildman–Crippen LogP) is 3.79. The lowest BCUT2D eigenvalue weighted by molar-refractivity contribution is -0.138. The first kappa shape index (κ1) is 25.4. The van der Waals surface area contributed by atoms with Gasteiger partial charge >= 0.3 is 13.7 Å². The number of anilines is 1. The molecule has 4 rings (SSSR count). The van der Waals surface area contributed by atoms with Crippen LogP contribution in [0.15, 0.2) is 35.1 Å². The Morgan fingerprint density at radius 1 is 1.34 bits per heavy atom. The van der Waals surface area contributed by atoms with Crippen molar-refractivity contribution in [2.75, 3.05) is 18.9 Å². The van der Waals surface area contributed by atoms with Gasteiger partial charge in [-0.05, 0) is 56.9 Å². The zero-order valence-corrected chi connectivity index (χ0v) is 21.6. The molecule has 1 aliphatic carbocycles. The maximum atomic E-state index is 13.4. The molecule has 35 heavy (non-hydrogen) atoms. The van der Waals surface area contributed by atoms with Crippen molar-refractivity contribution in [2.24, 2.45) is 5.92 Å². The average molecular weight is 569 g/mol. The first-order chi connectivity index (χ1) is 16.7. The minimum Gasteiger partial charge on any atom is -0.480 e. The Bertz CT molecular complexity index is 1250. The maximum absolute atomic E-state index is 13.4. The molecule has 0 aliphatic heterocycles. The van der Waals surface area contributed by atoms with Gasteiger partial charge in [-0.25, -0.2) is 9.55 Å². The summed E-state index contributed by atoms with van der Waals surface area (Å²) in [6, 6.07) is 5.63. The zero-order valence-electron chi connectivity index (χ0n) is 19.1. The number of nitrogens with zero attached hydrogens (tertiary/aromatic N) is 4. The number of benzene rings is 1. The van der Waals surface area contributed by atoms with Crippen LogP contribution in [-0.2, 0) is 13.9 Å². The third-order valence-corrected chi connectivity index (χ3v) is 7.71. The van der Waals surface area contributed by atoms with Crippen LogP contribution < -0.4 is 20.1 Å². The number of imidazole rings is 1. The van der Waals surface area contributed by atoms with Crippen LogP contribution in [0.4, 0.5) is 5.95 Å². The third-order valence-electron chi connectivity index (χ3n) is 5.53. The Balaban J connectivity index is 1.42. The van der Waals surface area contributed by atoms with E-state index in [0.717, 1.165) is 4.47 Å². The second-order valence-corrected chi connectivity index (χ2v) is 10.8. The molecule has 1 saturated carbocycles. The molecular formula is C21H26BrN6O6P. The second-order valence-electron chi connectivity index (χ2n) is 8.16. The van der Waals surface area contributed by atoms with Crippen molar-refractivity contribution >= 4 is 46.8 Å². The number of hydrogen-bond acceptors (Lipinski definition) is 9. The highest BCUT2D eigenvalue weighted by molar-refractivity contribution is 9.10. The molecule has 1 fully saturated rings. The minimum atomic E-state index is -3.96. The Hall–Kier alpha value is -2.73. The Morgan fingerprint density at radius 2 is 2.06 bits per heavy atom. The standard InChI is InChI=1S/C21H26BrN6O6P/c1-3-32-19-17-18(25-21(23)26-19)28(11-24-17)15-8-13(9-15)10-33-35(31,27-12(2)20(29)30)34-16-6-4-14(22)5-7-16/h4-7,11-13,15H,3,8-10H2,1-2H3,(H,27,31)(H,29,30)(H2,23,25,26)/t12?,13-,15+,35?. The zero-order chi connectivity index (χ0) is 25.2. The highest BCUT2D eigenvalue weighted by Gasteiger charge is 2.37. The van der Waals surface area contributed by atoms with Crippen LogP contribution in [0.25, 0.3) is 11.2 Å². The van der Waals surface area contributed by atoms with Gasteiger partial charge in [-0.3, -0.25) is 9.32 Å². The SMILES string of the molecule is CCOc1nc(N)nc2c1ncn2[C@H]1C[C@@H](COP(=O)(NC(C)C(=O)O)Oc2ccc(Br)cc2)C1. The molecule has 0 bridgehead atoms. The summed E-state index contributed by atoms with van der Waals surface area (Å²) in [5.41, 5.74) is 6.97. The van der Waals surface area contributed by atoms with Crippen LogP contribution in [0.3, 0.4) is 0 Å². The molecule has 2 heterocycles. The summed E-state index contributed by atoms with van der Waals surface area (Å²) in [5.74, 6) is -0.354. The lowest BCUT2D eigenvalue weighted by atomic mass is 9.81. The molecule has 1 aliphatic rings. The van der Waals surface area contributed by atoms with Crippen molar-refractivity contribution in [1.29, 1.82) is 0 Å². The largest absolute Gasteiger partial charge is 0.480 e. The fourth-order valence-corrected chi connectivity index (χ4v) is 5.53. The molecule has 188 valence electrons. The monoisotopic (exact) mass is 568 g/mol. The number of carboxylic acids is 1. The van der Waals surface area contributed by atoms with Gasteiger partial charge in [0.05, 0.1) is 19.5 Å². The summed E-state index contributed by atoms with van der Waals surface area (Å²) in [6.07, 6.45) is 3.11. The number of ether oxygens (including phenoxy) is 1. The number of halogens is 1. The van der Waals surface area contributed by atoms with Crippen molar-refractivity contribution in [3.8, 4) is 11.6 Å². The molecular weight excluding hydrogens is 543 g/mol. The topological polar surface area (TPSA) is 164 Å². The van der Waals surface area contributed by atoms with E-state index < -0.39 is 19.8 Å². The third kappa shape index (κ3) is 5.92. The first-order valence-electron chi connectivity index (χ1n) is 11.0. The highest BCUT2D eigenvalue weighted by atomic mass is 79.9. The van der Waals surface area contributed by atoms with E-state index in [4.69, 9.17) is 19.5 Å². The van der Waals surface area contributed by atoms with Crippen molar-refractivity contribution in [3.05, 3.63) is 35.1 Å². The Kier molecular flexibility index (Phi) is 7.60. The van der Waals surface area contributed by atoms with Crippen LogP contribution in [0.5, 0.6) is 11.6 Å². The minimum absolute atomic E-state index is 0.0757. The van der Waals surface area contributed by atoms with Crippen molar-refractivity contribution in [3.63, 3.8) is 0 Å². The number of aliphatic carboxylic acids is 1. The summed E-state index contributed by atoms with van der Waals surface area (Å²) in [4.78, 5) is 24.1. The normalized spacial score (nSPS) is 20.1. The summed E-state index contributed by atoms with van der Waals surface area (Å²) >= 11 is 3.33. The molecule has 0 spiro atoms. The number of nitrogens with one attached hydrogen (secondary N) is 1. The van der Waals surface area contributed by atoms with Gasteiger partial charge in [-0.15, -0.1) is 0 Å². The first-order valence-corrected chi connectivity index (χ1v) is 13.3. The molecule has 0 radical (unpaired) electrons. The fraction of sp³-hybridized carbons (Fsp3) is 0.429. The van der Waals surface area contributed by atoms with E-state index in [1.165, 1.54) is 6.92 Å². The van der Waals surface area contributed by atoms with E-state index in [-0.39, 0.29) is 24.5 Å². The van der Waals surface area contributed by atoms with E-state index in [1.54, 1.807) is 30.6 Å². The van der Waals surface area contributed by atoms with Crippen LogP contribution in [0.2, 0.25) is 0 Å². The van der Waals surface area contributed by atoms with Crippen LogP contribution in [0.1, 0.15) is 32.7 Å². The molecule has 0 saturated heterocycles. The number of nitrogens with two attached hydrogens (primary N) is 1. The number of carbonyl (C=O) groups is 1. The summed E-state index contributed by atoms with van der Waals surface area (Å²) in [6.45, 7) is 3.77. The van der Waals surface area contributed by atoms with E-state index >= 15 is 0 Å². The Labute approximate surface area is 209 Å². The Morgan fingerprint density at radius 3 is 2.71 bits per heavy atom. The van der Waals surface area contributed by atoms with E-state index in [9.17, 15) is 14.5 Å². The molecule has 2 atom stereocenters. The number of rotatable bonds is 11. The van der Waals surface area contributed by atoms with E-state index in [0.29, 0.717) is 42.2 Å². The molecule has 14 heteroatoms. The van der Waals surface area contributed by atoms with E-state index in [1.807, 2.05) is 11.5 Å². The molecule has 2 unspecified atom stereocenters. The quantitative estimate of drug-likeness (QED) is 0.288. The summed E-state index contributed by atoms with van der Waals surface area (Å²) in [5, 5.41) is 11.7. The number of carboxylic acid groups (broad SMARTS) is 1. The maximum Gasteiger partial charge on any atom is 0.459 e. The number of hydrogen-bond donors (Lipinski definition) is 3. The summed E-state index contributed by atoms with van der Waals surface area (Å²) < 4.78 is 32.9. The van der Waals surface area contributed by atoms with Gasteiger partial charge in [0.1, 0.15) is 11.8 Å². The fourth-order valence-electron chi connectivity index (χ4n) is 3.70. The van der Waals surface area contributed by atoms with Crippen molar-refractivity contribution in [2.45, 2.75) is 38.8 Å². The van der Waals surface area contributed by atoms with Crippen LogP contribution in [0, 0.1) is 5.92 Å². The molecule has 1 aromatic carbocycles. The molecule has 0 amide bonds. The van der Waals surface area contributed by atoms with Gasteiger partial charge in [0.25, 0.3) is 0 Å². The smallest absolute Gasteiger partial charge is 0.459 e. The number of nitrogen functional groups attached to an aromatic ring is 1. The molecule has 12 nitrogen and oxygen atoms in total. The lowest BCUT2D eigenvalue weighted by Gasteiger charge is -2.36. The second kappa shape index (κ2) is 10.5. The number of fused-ring (bicyclic) bond motifs is 1. The highest BCUT2D eigenvalue weighted by Crippen LogP contribution is 2.48. The lowest BCUT2D eigenvalue weighted by Crippen LogP contribution is -2.35. The molecule has 2 aromatic heterocycles. The molecule has 4 N–H and O–H groups in total. The number of aromatic nitrogens is 4. The van der Waals surface area contributed by atoms with Gasteiger partial charge in [-0.2, -0.15) is 15.1 Å². The van der Waals surface area contributed by atoms with Crippen molar-refractivity contribution in [1.82, 2.24) is 24.6 Å². The van der Waals surface area contributed by atoms with E-state index in [2.05, 4.69) is 36.0 Å². The van der Waals surface area contributed by atoms with Crippen molar-refractivity contribution < 1.29 is 28.3 Å². The van der Waals surface area contributed by atoms with Gasteiger partial charge in [0.2, 0.25) is 11.8 Å². The van der Waals surface area contributed by atoms with Gasteiger partial charge in [-0.1, -0.05) is 15.9 Å². The molecule has 3 aromatic rings. The van der Waals surface area contributed by atoms with Gasteiger partial charge in [0, 0.05) is 10.5 Å². The van der Waals surface area contributed by atoms with Gasteiger partial charge in [0.15, 0.2) is 11.2 Å². The van der Waals surface area contributed by atoms with Crippen LogP contribution in [-0.4, -0.2) is 49.9 Å². The predicted molar refractivity (Wildman–Crippen MR) is 131 cm³/mol. The van der Waals surface area contributed by atoms with Gasteiger partial charge < -0.3 is 24.7 Å².